The maximum Gasteiger partial charge on any atom is 0.0960 e. The van der Waals surface area contributed by atoms with Crippen LogP contribution in [0, 0.1) is 5.41 Å². The van der Waals surface area contributed by atoms with Crippen molar-refractivity contribution in [1.82, 2.24) is 4.90 Å². The van der Waals surface area contributed by atoms with E-state index in [0.29, 0.717) is 0 Å². The summed E-state index contributed by atoms with van der Waals surface area (Å²) in [6, 6.07) is 0.753. The van der Waals surface area contributed by atoms with E-state index in [-0.39, 0.29) is 0 Å². The van der Waals surface area contributed by atoms with E-state index in [2.05, 4.69) is 4.90 Å². The summed E-state index contributed by atoms with van der Waals surface area (Å²) in [7, 11) is 0. The maximum absolute atomic E-state index is 7.74. The molecular formula is C9H16N2. The van der Waals surface area contributed by atoms with Crippen LogP contribution in [-0.4, -0.2) is 23.3 Å². The van der Waals surface area contributed by atoms with Gasteiger partial charge in [0, 0.05) is 19.0 Å². The molecule has 1 aliphatic carbocycles. The lowest BCUT2D eigenvalue weighted by molar-refractivity contribution is 0.191. The number of hydrogen-bond acceptors (Lipinski definition) is 1. The van der Waals surface area contributed by atoms with E-state index in [0.717, 1.165) is 24.8 Å². The van der Waals surface area contributed by atoms with Gasteiger partial charge in [-0.3, -0.25) is 5.41 Å². The number of nitrogens with zero attached hydrogens (tertiary/aromatic N) is 1. The fraction of sp³-hybridized carbons (Fsp3) is 0.889. The van der Waals surface area contributed by atoms with Crippen molar-refractivity contribution in [3.8, 4) is 0 Å². The van der Waals surface area contributed by atoms with E-state index < -0.39 is 0 Å². The second-order valence-corrected chi connectivity index (χ2v) is 3.68. The van der Waals surface area contributed by atoms with Crippen LogP contribution < -0.4 is 0 Å². The van der Waals surface area contributed by atoms with E-state index in [1.54, 1.807) is 0 Å². The second kappa shape index (κ2) is 2.84. The number of rotatable bonds is 1. The van der Waals surface area contributed by atoms with Crippen molar-refractivity contribution in [3.63, 3.8) is 0 Å². The molecule has 1 saturated heterocycles. The smallest absolute Gasteiger partial charge is 0.0960 e. The molecule has 0 unspecified atom stereocenters. The van der Waals surface area contributed by atoms with Gasteiger partial charge in [-0.1, -0.05) is 0 Å². The summed E-state index contributed by atoms with van der Waals surface area (Å²) in [5.74, 6) is 0.904. The van der Waals surface area contributed by atoms with Gasteiger partial charge in [0.25, 0.3) is 0 Å². The van der Waals surface area contributed by atoms with Gasteiger partial charge in [-0.2, -0.15) is 0 Å². The van der Waals surface area contributed by atoms with Gasteiger partial charge in [-0.05, 0) is 32.1 Å². The molecule has 0 spiro atoms. The standard InChI is InChI=1S/C9H16N2/c10-9-6-1-2-7-11(9)8-4-3-5-8/h8,10H,1-7H2. The van der Waals surface area contributed by atoms with Crippen molar-refractivity contribution >= 4 is 5.84 Å². The fourth-order valence-electron chi connectivity index (χ4n) is 1.95. The van der Waals surface area contributed by atoms with Crippen molar-refractivity contribution in [3.05, 3.63) is 0 Å². The Kier molecular flexibility index (Phi) is 1.84. The van der Waals surface area contributed by atoms with Crippen LogP contribution in [-0.2, 0) is 0 Å². The lowest BCUT2D eigenvalue weighted by atomic mass is 9.90. The zero-order chi connectivity index (χ0) is 7.68. The van der Waals surface area contributed by atoms with Crippen LogP contribution in [0.25, 0.3) is 0 Å². The van der Waals surface area contributed by atoms with E-state index in [1.807, 2.05) is 0 Å². The second-order valence-electron chi connectivity index (χ2n) is 3.68. The fourth-order valence-corrected chi connectivity index (χ4v) is 1.95. The van der Waals surface area contributed by atoms with Crippen molar-refractivity contribution in [2.24, 2.45) is 0 Å². The lowest BCUT2D eigenvalue weighted by Crippen LogP contribution is -2.46. The highest BCUT2D eigenvalue weighted by Gasteiger charge is 2.27. The molecule has 0 aromatic heterocycles. The molecule has 2 heteroatoms. The Labute approximate surface area is 68.1 Å². The van der Waals surface area contributed by atoms with Crippen LogP contribution in [0.15, 0.2) is 0 Å². The van der Waals surface area contributed by atoms with Crippen LogP contribution in [0.1, 0.15) is 38.5 Å². The molecule has 1 heterocycles. The first-order chi connectivity index (χ1) is 5.38. The Morgan fingerprint density at radius 3 is 2.55 bits per heavy atom. The quantitative estimate of drug-likeness (QED) is 0.611. The molecule has 0 atom stereocenters. The number of amidine groups is 1. The van der Waals surface area contributed by atoms with Gasteiger partial charge < -0.3 is 4.90 Å². The Morgan fingerprint density at radius 2 is 2.00 bits per heavy atom. The van der Waals surface area contributed by atoms with Crippen molar-refractivity contribution < 1.29 is 0 Å². The van der Waals surface area contributed by atoms with Gasteiger partial charge in [0.1, 0.15) is 0 Å². The zero-order valence-electron chi connectivity index (χ0n) is 6.97. The highest BCUT2D eigenvalue weighted by Crippen LogP contribution is 2.27. The third-order valence-electron chi connectivity index (χ3n) is 2.92. The topological polar surface area (TPSA) is 27.1 Å². The normalized spacial score (nSPS) is 26.9. The van der Waals surface area contributed by atoms with Gasteiger partial charge in [0.15, 0.2) is 0 Å². The molecule has 2 nitrogen and oxygen atoms in total. The van der Waals surface area contributed by atoms with E-state index in [9.17, 15) is 0 Å². The Balaban J connectivity index is 1.93. The minimum atomic E-state index is 0.753. The molecule has 0 amide bonds. The Hall–Kier alpha value is -0.530. The average Bonchev–Trinajstić information content (AvgIpc) is 1.90. The molecule has 0 bridgehead atoms. The summed E-state index contributed by atoms with van der Waals surface area (Å²) < 4.78 is 0. The van der Waals surface area contributed by atoms with Crippen LogP contribution in [0.3, 0.4) is 0 Å². The van der Waals surface area contributed by atoms with Crippen LogP contribution >= 0.6 is 0 Å². The van der Waals surface area contributed by atoms with Crippen molar-refractivity contribution in [2.75, 3.05) is 6.54 Å². The number of piperidine rings is 1. The molecule has 2 fully saturated rings. The van der Waals surface area contributed by atoms with Crippen LogP contribution in [0.2, 0.25) is 0 Å². The summed E-state index contributed by atoms with van der Waals surface area (Å²) in [4.78, 5) is 2.33. The molecule has 1 aliphatic heterocycles. The number of likely N-dealkylation sites (tertiary alicyclic amines) is 1. The van der Waals surface area contributed by atoms with Crippen LogP contribution in [0.4, 0.5) is 0 Å². The first-order valence-corrected chi connectivity index (χ1v) is 4.72. The Morgan fingerprint density at radius 1 is 1.18 bits per heavy atom. The largest absolute Gasteiger partial charge is 0.358 e. The van der Waals surface area contributed by atoms with Gasteiger partial charge in [0.2, 0.25) is 0 Å². The predicted molar refractivity (Wildman–Crippen MR) is 45.9 cm³/mol. The average molecular weight is 152 g/mol. The SMILES string of the molecule is N=C1CCCCN1C1CCC1. The molecule has 0 aromatic carbocycles. The monoisotopic (exact) mass is 152 g/mol. The summed E-state index contributed by atoms with van der Waals surface area (Å²) in [6.07, 6.45) is 7.62. The third-order valence-corrected chi connectivity index (χ3v) is 2.92. The lowest BCUT2D eigenvalue weighted by Gasteiger charge is -2.41. The molecule has 1 saturated carbocycles. The molecular weight excluding hydrogens is 136 g/mol. The summed E-state index contributed by atoms with van der Waals surface area (Å²) in [5.41, 5.74) is 0. The van der Waals surface area contributed by atoms with Gasteiger partial charge in [0.05, 0.1) is 5.84 Å². The molecule has 62 valence electrons. The summed E-state index contributed by atoms with van der Waals surface area (Å²) >= 11 is 0. The molecule has 2 rings (SSSR count). The Bertz CT molecular complexity index is 161. The van der Waals surface area contributed by atoms with Gasteiger partial charge in [-0.15, -0.1) is 0 Å². The van der Waals surface area contributed by atoms with Crippen molar-refractivity contribution in [2.45, 2.75) is 44.6 Å². The van der Waals surface area contributed by atoms with E-state index >= 15 is 0 Å². The summed E-state index contributed by atoms with van der Waals surface area (Å²) in [6.45, 7) is 1.16. The number of nitrogens with one attached hydrogen (secondary N) is 1. The molecule has 0 radical (unpaired) electrons. The number of hydrogen-bond donors (Lipinski definition) is 1. The first kappa shape index (κ1) is 7.14. The highest BCUT2D eigenvalue weighted by molar-refractivity contribution is 5.80. The first-order valence-electron chi connectivity index (χ1n) is 4.72. The van der Waals surface area contributed by atoms with Crippen molar-refractivity contribution in [1.29, 1.82) is 5.41 Å². The minimum absolute atomic E-state index is 0.753. The van der Waals surface area contributed by atoms with E-state index in [4.69, 9.17) is 5.41 Å². The van der Waals surface area contributed by atoms with Crippen LogP contribution in [0.5, 0.6) is 0 Å². The maximum atomic E-state index is 7.74. The third kappa shape index (κ3) is 1.26. The molecule has 0 aromatic rings. The van der Waals surface area contributed by atoms with E-state index in [1.165, 1.54) is 32.1 Å². The zero-order valence-corrected chi connectivity index (χ0v) is 6.97. The highest BCUT2D eigenvalue weighted by atomic mass is 15.2. The van der Waals surface area contributed by atoms with Gasteiger partial charge >= 0.3 is 0 Å². The molecule has 11 heavy (non-hydrogen) atoms. The minimum Gasteiger partial charge on any atom is -0.358 e. The molecule has 1 N–H and O–H groups in total. The predicted octanol–water partition coefficient (Wildman–Crippen LogP) is 2.00. The van der Waals surface area contributed by atoms with Gasteiger partial charge in [-0.25, -0.2) is 0 Å². The molecule has 2 aliphatic rings. The summed E-state index contributed by atoms with van der Waals surface area (Å²) in [5, 5.41) is 7.74.